The number of aromatic amines is 1. The van der Waals surface area contributed by atoms with Gasteiger partial charge in [-0.3, -0.25) is 14.4 Å². The Kier molecular flexibility index (Phi) is 9.41. The van der Waals surface area contributed by atoms with Crippen LogP contribution in [0.25, 0.3) is 10.9 Å². The van der Waals surface area contributed by atoms with Gasteiger partial charge in [0.2, 0.25) is 5.91 Å². The molecule has 0 spiro atoms. The van der Waals surface area contributed by atoms with Gasteiger partial charge in [0.25, 0.3) is 11.5 Å². The van der Waals surface area contributed by atoms with Gasteiger partial charge in [-0.1, -0.05) is 6.07 Å². The first-order valence-electron chi connectivity index (χ1n) is 12.2. The van der Waals surface area contributed by atoms with Crippen molar-refractivity contribution in [2.75, 3.05) is 18.5 Å². The van der Waals surface area contributed by atoms with Crippen LogP contribution in [0.5, 0.6) is 0 Å². The van der Waals surface area contributed by atoms with Crippen molar-refractivity contribution in [1.29, 1.82) is 0 Å². The lowest BCUT2D eigenvalue weighted by atomic mass is 10.1. The Balaban J connectivity index is 1.58. The summed E-state index contributed by atoms with van der Waals surface area (Å²) in [6, 6.07) is 8.17. The summed E-state index contributed by atoms with van der Waals surface area (Å²) in [5.41, 5.74) is 1.31. The molecule has 0 fully saturated rings. The van der Waals surface area contributed by atoms with Crippen molar-refractivity contribution in [2.45, 2.75) is 51.5 Å². The number of carboxylic acid groups (broad SMARTS) is 1. The molecule has 2 amide bonds. The van der Waals surface area contributed by atoms with E-state index in [0.29, 0.717) is 40.7 Å². The minimum absolute atomic E-state index is 0.0551. The van der Waals surface area contributed by atoms with Gasteiger partial charge in [0, 0.05) is 26.6 Å². The predicted molar refractivity (Wildman–Crippen MR) is 149 cm³/mol. The summed E-state index contributed by atoms with van der Waals surface area (Å²) in [7, 11) is -0.419. The smallest absolute Gasteiger partial charge is 0.326 e. The molecule has 0 bridgehead atoms. The average molecular weight is 560 g/mol. The van der Waals surface area contributed by atoms with Crippen molar-refractivity contribution in [3.8, 4) is 0 Å². The Labute approximate surface area is 225 Å². The molecule has 3 rings (SSSR count). The molecule has 1 aromatic carbocycles. The Bertz CT molecular complexity index is 1380. The number of fused-ring (bicyclic) bond motifs is 1. The van der Waals surface area contributed by atoms with Gasteiger partial charge in [-0.2, -0.15) is 0 Å². The predicted octanol–water partition coefficient (Wildman–Crippen LogP) is 2.21. The number of carbonyl (C=O) groups excluding carboxylic acids is 2. The number of aryl methyl sites for hydroxylation is 1. The van der Waals surface area contributed by atoms with E-state index < -0.39 is 26.2 Å². The molecule has 0 radical (unpaired) electrons. The molecule has 11 nitrogen and oxygen atoms in total. The third-order valence-corrected chi connectivity index (χ3v) is 8.49. The molecular formula is C25H33N5O6SSi. The number of nitrogens with one attached hydrogen (secondary N) is 3. The maximum atomic E-state index is 12.7. The number of aromatic nitrogens is 2. The second-order valence-electron chi connectivity index (χ2n) is 9.81. The fourth-order valence-electron chi connectivity index (χ4n) is 3.77. The third-order valence-electron chi connectivity index (χ3n) is 5.82. The standard InChI is InChI=1S/C25H33N5O6SSi/c1-15-27-18-6-5-16(13-17(18)23(32)28-15)14-30(2)22-10-8-20(37-22)24(33)29-19(25(34)35)7-9-21(31)26-11-12-38(3,4)36/h5-6,8,10,13,19,36H,7,9,11-12,14H2,1-4H3,(H,26,31)(H,29,33)(H,34,35)(H,27,28,32)/t19-/m0/s1. The number of benzene rings is 1. The number of carboxylic acids is 1. The first kappa shape index (κ1) is 29.0. The second kappa shape index (κ2) is 12.3. The molecule has 38 heavy (non-hydrogen) atoms. The maximum Gasteiger partial charge on any atom is 0.326 e. The van der Waals surface area contributed by atoms with E-state index >= 15 is 0 Å². The van der Waals surface area contributed by atoms with Crippen LogP contribution in [0.15, 0.2) is 35.1 Å². The van der Waals surface area contributed by atoms with Crippen LogP contribution in [0, 0.1) is 6.92 Å². The molecule has 0 saturated carbocycles. The molecular weight excluding hydrogens is 526 g/mol. The number of nitrogens with zero attached hydrogens (tertiary/aromatic N) is 2. The van der Waals surface area contributed by atoms with E-state index in [1.807, 2.05) is 18.0 Å². The summed E-state index contributed by atoms with van der Waals surface area (Å²) < 4.78 is 0. The van der Waals surface area contributed by atoms with Crippen LogP contribution in [-0.4, -0.2) is 65.6 Å². The fourth-order valence-corrected chi connectivity index (χ4v) is 5.37. The van der Waals surface area contributed by atoms with E-state index in [4.69, 9.17) is 0 Å². The highest BCUT2D eigenvalue weighted by atomic mass is 32.1. The Morgan fingerprint density at radius 2 is 1.95 bits per heavy atom. The number of amides is 2. The van der Waals surface area contributed by atoms with E-state index in [1.165, 1.54) is 11.3 Å². The molecule has 5 N–H and O–H groups in total. The van der Waals surface area contributed by atoms with Gasteiger partial charge in [-0.05, 0) is 62.3 Å². The van der Waals surface area contributed by atoms with Crippen molar-refractivity contribution in [1.82, 2.24) is 20.6 Å². The van der Waals surface area contributed by atoms with E-state index in [9.17, 15) is 29.1 Å². The van der Waals surface area contributed by atoms with Gasteiger partial charge >= 0.3 is 5.97 Å². The highest BCUT2D eigenvalue weighted by Gasteiger charge is 2.23. The summed E-state index contributed by atoms with van der Waals surface area (Å²) in [6.07, 6.45) is -0.118. The summed E-state index contributed by atoms with van der Waals surface area (Å²) in [4.78, 5) is 67.9. The molecule has 13 heteroatoms. The van der Waals surface area contributed by atoms with Crippen molar-refractivity contribution >= 4 is 53.3 Å². The summed E-state index contributed by atoms with van der Waals surface area (Å²) in [6.45, 7) is 6.08. The molecule has 2 heterocycles. The molecule has 0 aliphatic carbocycles. The second-order valence-corrected chi connectivity index (χ2v) is 15.0. The Morgan fingerprint density at radius 1 is 1.21 bits per heavy atom. The SMILES string of the molecule is Cc1nc2ccc(CN(C)c3ccc(C(=O)N[C@@H](CCC(=O)NCC[Si](C)(C)O)C(=O)O)s3)cc2c(=O)[nH]1. The third kappa shape index (κ3) is 8.23. The van der Waals surface area contributed by atoms with Crippen molar-refractivity contribution in [3.63, 3.8) is 0 Å². The first-order valence-corrected chi connectivity index (χ1v) is 16.1. The number of hydrogen-bond acceptors (Lipinski definition) is 8. The summed E-state index contributed by atoms with van der Waals surface area (Å²) in [5, 5.41) is 16.0. The van der Waals surface area contributed by atoms with Crippen LogP contribution in [-0.2, 0) is 16.1 Å². The lowest BCUT2D eigenvalue weighted by Crippen LogP contribution is -2.41. The number of thiophene rings is 1. The van der Waals surface area contributed by atoms with Crippen LogP contribution in [0.3, 0.4) is 0 Å². The van der Waals surface area contributed by atoms with Gasteiger partial charge in [-0.25, -0.2) is 9.78 Å². The van der Waals surface area contributed by atoms with Crippen LogP contribution < -0.4 is 21.1 Å². The summed E-state index contributed by atoms with van der Waals surface area (Å²) >= 11 is 1.21. The zero-order chi connectivity index (χ0) is 28.0. The summed E-state index contributed by atoms with van der Waals surface area (Å²) in [5.74, 6) is -1.53. The highest BCUT2D eigenvalue weighted by molar-refractivity contribution is 7.18. The molecule has 0 saturated heterocycles. The topological polar surface area (TPSA) is 165 Å². The van der Waals surface area contributed by atoms with Crippen molar-refractivity contribution in [3.05, 3.63) is 57.0 Å². The molecule has 1 atom stereocenters. The molecule has 0 aliphatic rings. The lowest BCUT2D eigenvalue weighted by Gasteiger charge is -2.17. The van der Waals surface area contributed by atoms with Gasteiger partial charge < -0.3 is 30.4 Å². The van der Waals surface area contributed by atoms with E-state index in [0.717, 1.165) is 10.6 Å². The number of rotatable bonds is 12. The minimum atomic E-state index is -2.27. The molecule has 0 unspecified atom stereocenters. The van der Waals surface area contributed by atoms with Gasteiger partial charge in [0.05, 0.1) is 20.8 Å². The van der Waals surface area contributed by atoms with Crippen LogP contribution in [0.2, 0.25) is 19.1 Å². The number of anilines is 1. The van der Waals surface area contributed by atoms with E-state index in [2.05, 4.69) is 20.6 Å². The fraction of sp³-hybridized carbons (Fsp3) is 0.400. The number of carbonyl (C=O) groups is 3. The normalized spacial score (nSPS) is 12.2. The minimum Gasteiger partial charge on any atom is -0.480 e. The lowest BCUT2D eigenvalue weighted by molar-refractivity contribution is -0.139. The van der Waals surface area contributed by atoms with Crippen LogP contribution >= 0.6 is 11.3 Å². The monoisotopic (exact) mass is 559 g/mol. The Morgan fingerprint density at radius 3 is 2.63 bits per heavy atom. The number of H-pyrrole nitrogens is 1. The molecule has 0 aliphatic heterocycles. The van der Waals surface area contributed by atoms with Gasteiger partial charge in [0.1, 0.15) is 11.9 Å². The van der Waals surface area contributed by atoms with Crippen molar-refractivity contribution in [2.24, 2.45) is 0 Å². The van der Waals surface area contributed by atoms with Crippen LogP contribution in [0.1, 0.15) is 33.9 Å². The maximum absolute atomic E-state index is 12.7. The number of hydrogen-bond donors (Lipinski definition) is 5. The van der Waals surface area contributed by atoms with Gasteiger partial charge in [-0.15, -0.1) is 11.3 Å². The van der Waals surface area contributed by atoms with Crippen LogP contribution in [0.4, 0.5) is 5.00 Å². The first-order chi connectivity index (χ1) is 17.8. The zero-order valence-corrected chi connectivity index (χ0v) is 23.6. The van der Waals surface area contributed by atoms with Crippen molar-refractivity contribution < 1.29 is 24.3 Å². The van der Waals surface area contributed by atoms with E-state index in [-0.39, 0.29) is 24.3 Å². The number of aliphatic carboxylic acids is 1. The molecule has 204 valence electrons. The quantitative estimate of drug-likeness (QED) is 0.211. The van der Waals surface area contributed by atoms with Gasteiger partial charge in [0.15, 0.2) is 8.32 Å². The average Bonchev–Trinajstić information content (AvgIpc) is 3.32. The highest BCUT2D eigenvalue weighted by Crippen LogP contribution is 2.27. The largest absolute Gasteiger partial charge is 0.480 e. The molecule has 2 aromatic heterocycles. The van der Waals surface area contributed by atoms with E-state index in [1.54, 1.807) is 44.3 Å². The zero-order valence-electron chi connectivity index (χ0n) is 21.8. The molecule has 3 aromatic rings. The Hall–Kier alpha value is -3.55.